The lowest BCUT2D eigenvalue weighted by Gasteiger charge is -2.19. The lowest BCUT2D eigenvalue weighted by atomic mass is 10.1. The van der Waals surface area contributed by atoms with E-state index in [1.54, 1.807) is 29.8 Å². The number of nitrogens with zero attached hydrogens (tertiary/aromatic N) is 2. The summed E-state index contributed by atoms with van der Waals surface area (Å²) in [6.45, 7) is 4.06. The van der Waals surface area contributed by atoms with Crippen LogP contribution in [0.1, 0.15) is 37.3 Å². The number of hydrogen-bond acceptors (Lipinski definition) is 4. The molecule has 1 atom stereocenters. The minimum atomic E-state index is -0.751. The van der Waals surface area contributed by atoms with Gasteiger partial charge >= 0.3 is 0 Å². The van der Waals surface area contributed by atoms with Crippen LogP contribution >= 0.6 is 11.8 Å². The van der Waals surface area contributed by atoms with Gasteiger partial charge in [-0.25, -0.2) is 0 Å². The van der Waals surface area contributed by atoms with Gasteiger partial charge in [0.15, 0.2) is 5.75 Å². The zero-order valence-corrected chi connectivity index (χ0v) is 13.0. The number of rotatable bonds is 5. The van der Waals surface area contributed by atoms with Crippen LogP contribution in [-0.2, 0) is 0 Å². The molecule has 0 aliphatic rings. The van der Waals surface area contributed by atoms with Crippen LogP contribution in [-0.4, -0.2) is 28.3 Å². The fourth-order valence-corrected chi connectivity index (χ4v) is 2.85. The van der Waals surface area contributed by atoms with Gasteiger partial charge in [0.05, 0.1) is 13.3 Å². The molecule has 1 heterocycles. The van der Waals surface area contributed by atoms with E-state index in [0.717, 1.165) is 10.5 Å². The molecule has 1 N–H and O–H groups in total. The Morgan fingerprint density at radius 1 is 1.30 bits per heavy atom. The molecule has 4 nitrogen and oxygen atoms in total. The molecule has 0 saturated heterocycles. The van der Waals surface area contributed by atoms with Crippen LogP contribution < -0.4 is 4.74 Å². The number of benzene rings is 1. The van der Waals surface area contributed by atoms with Gasteiger partial charge in [-0.15, -0.1) is 11.8 Å². The average molecular weight is 292 g/mol. The van der Waals surface area contributed by atoms with Crippen LogP contribution in [0.5, 0.6) is 5.75 Å². The third-order valence-electron chi connectivity index (χ3n) is 3.20. The van der Waals surface area contributed by atoms with Crippen molar-refractivity contribution in [3.63, 3.8) is 0 Å². The number of ether oxygens (including phenoxy) is 1. The molecule has 5 heteroatoms. The Morgan fingerprint density at radius 3 is 2.60 bits per heavy atom. The van der Waals surface area contributed by atoms with E-state index in [0.29, 0.717) is 11.4 Å². The summed E-state index contributed by atoms with van der Waals surface area (Å²) in [6, 6.07) is 8.00. The Labute approximate surface area is 123 Å². The van der Waals surface area contributed by atoms with Crippen LogP contribution in [0.4, 0.5) is 0 Å². The third kappa shape index (κ3) is 2.69. The van der Waals surface area contributed by atoms with Gasteiger partial charge in [0.1, 0.15) is 11.8 Å². The Kier molecular flexibility index (Phi) is 4.73. The molecule has 108 valence electrons. The summed E-state index contributed by atoms with van der Waals surface area (Å²) in [5.41, 5.74) is 1.57. The second kappa shape index (κ2) is 6.33. The standard InChI is InChI=1S/C15H20N2O2S/c1-10(2)17-14(12(19-3)9-16-17)15(18)11-7-5-6-8-13(11)20-4/h5-10,15,18H,1-4H3. The van der Waals surface area contributed by atoms with Crippen molar-refractivity contribution < 1.29 is 9.84 Å². The number of hydrogen-bond donors (Lipinski definition) is 1. The van der Waals surface area contributed by atoms with Crippen molar-refractivity contribution in [3.05, 3.63) is 41.7 Å². The Bertz CT molecular complexity index is 581. The van der Waals surface area contributed by atoms with Crippen molar-refractivity contribution in [2.24, 2.45) is 0 Å². The van der Waals surface area contributed by atoms with E-state index >= 15 is 0 Å². The highest BCUT2D eigenvalue weighted by Gasteiger charge is 2.24. The van der Waals surface area contributed by atoms with E-state index in [2.05, 4.69) is 5.10 Å². The number of aliphatic hydroxyl groups is 1. The highest BCUT2D eigenvalue weighted by molar-refractivity contribution is 7.98. The predicted octanol–water partition coefficient (Wildman–Crippen LogP) is 3.28. The maximum Gasteiger partial charge on any atom is 0.163 e. The summed E-state index contributed by atoms with van der Waals surface area (Å²) in [6.07, 6.45) is 2.90. The lowest BCUT2D eigenvalue weighted by Crippen LogP contribution is -2.13. The molecule has 0 amide bonds. The van der Waals surface area contributed by atoms with Crippen molar-refractivity contribution in [2.45, 2.75) is 30.9 Å². The van der Waals surface area contributed by atoms with Crippen LogP contribution in [0.15, 0.2) is 35.4 Å². The minimum Gasteiger partial charge on any atom is -0.493 e. The maximum absolute atomic E-state index is 10.8. The van der Waals surface area contributed by atoms with Crippen LogP contribution in [0.25, 0.3) is 0 Å². The van der Waals surface area contributed by atoms with E-state index in [9.17, 15) is 5.11 Å². The van der Waals surface area contributed by atoms with Crippen molar-refractivity contribution in [2.75, 3.05) is 13.4 Å². The fourth-order valence-electron chi connectivity index (χ4n) is 2.22. The summed E-state index contributed by atoms with van der Waals surface area (Å²) >= 11 is 1.62. The van der Waals surface area contributed by atoms with Crippen molar-refractivity contribution in [1.82, 2.24) is 9.78 Å². The molecule has 20 heavy (non-hydrogen) atoms. The predicted molar refractivity (Wildman–Crippen MR) is 81.4 cm³/mol. The first-order valence-corrected chi connectivity index (χ1v) is 7.75. The molecule has 0 bridgehead atoms. The van der Waals surface area contributed by atoms with Gasteiger partial charge in [0.2, 0.25) is 0 Å². The van der Waals surface area contributed by atoms with E-state index in [1.165, 1.54) is 0 Å². The van der Waals surface area contributed by atoms with Gasteiger partial charge in [-0.05, 0) is 26.2 Å². The molecule has 2 aromatic rings. The zero-order valence-electron chi connectivity index (χ0n) is 12.2. The molecule has 2 rings (SSSR count). The normalized spacial score (nSPS) is 12.7. The Hall–Kier alpha value is -1.46. The molecular formula is C15H20N2O2S. The number of thioether (sulfide) groups is 1. The van der Waals surface area contributed by atoms with Crippen molar-refractivity contribution >= 4 is 11.8 Å². The molecule has 0 aliphatic carbocycles. The first kappa shape index (κ1) is 14.9. The van der Waals surface area contributed by atoms with Gasteiger partial charge in [-0.1, -0.05) is 18.2 Å². The van der Waals surface area contributed by atoms with Gasteiger partial charge in [0, 0.05) is 16.5 Å². The molecule has 0 radical (unpaired) electrons. The highest BCUT2D eigenvalue weighted by Crippen LogP contribution is 2.35. The van der Waals surface area contributed by atoms with Gasteiger partial charge in [0.25, 0.3) is 0 Å². The largest absolute Gasteiger partial charge is 0.493 e. The highest BCUT2D eigenvalue weighted by atomic mass is 32.2. The van der Waals surface area contributed by atoms with E-state index in [4.69, 9.17) is 4.74 Å². The van der Waals surface area contributed by atoms with Crippen LogP contribution in [0, 0.1) is 0 Å². The second-order valence-corrected chi connectivity index (χ2v) is 5.63. The lowest BCUT2D eigenvalue weighted by molar-refractivity contribution is 0.197. The molecule has 0 aliphatic heterocycles. The first-order chi connectivity index (χ1) is 9.60. The summed E-state index contributed by atoms with van der Waals surface area (Å²) in [5.74, 6) is 0.613. The first-order valence-electron chi connectivity index (χ1n) is 6.52. The van der Waals surface area contributed by atoms with E-state index < -0.39 is 6.10 Å². The van der Waals surface area contributed by atoms with Crippen molar-refractivity contribution in [1.29, 1.82) is 0 Å². The molecule has 1 aromatic heterocycles. The zero-order chi connectivity index (χ0) is 14.7. The Morgan fingerprint density at radius 2 is 2.00 bits per heavy atom. The third-order valence-corrected chi connectivity index (χ3v) is 4.01. The molecular weight excluding hydrogens is 272 g/mol. The minimum absolute atomic E-state index is 0.157. The smallest absolute Gasteiger partial charge is 0.163 e. The number of aromatic nitrogens is 2. The second-order valence-electron chi connectivity index (χ2n) is 4.78. The maximum atomic E-state index is 10.8. The average Bonchev–Trinajstić information content (AvgIpc) is 2.90. The summed E-state index contributed by atoms with van der Waals surface area (Å²) < 4.78 is 7.15. The van der Waals surface area contributed by atoms with Crippen LogP contribution in [0.2, 0.25) is 0 Å². The SMILES string of the molecule is COc1cnn(C(C)C)c1C(O)c1ccccc1SC. The summed E-state index contributed by atoms with van der Waals surface area (Å²) in [4.78, 5) is 1.05. The molecule has 1 unspecified atom stereocenters. The van der Waals surface area contributed by atoms with E-state index in [1.807, 2.05) is 44.4 Å². The molecule has 1 aromatic carbocycles. The monoisotopic (exact) mass is 292 g/mol. The molecule has 0 spiro atoms. The quantitative estimate of drug-likeness (QED) is 0.859. The number of methoxy groups -OCH3 is 1. The van der Waals surface area contributed by atoms with Gasteiger partial charge in [-0.3, -0.25) is 4.68 Å². The van der Waals surface area contributed by atoms with Crippen LogP contribution in [0.3, 0.4) is 0 Å². The summed E-state index contributed by atoms with van der Waals surface area (Å²) in [5, 5.41) is 15.1. The fraction of sp³-hybridized carbons (Fsp3) is 0.400. The van der Waals surface area contributed by atoms with Gasteiger partial charge < -0.3 is 9.84 Å². The number of aliphatic hydroxyl groups excluding tert-OH is 1. The molecule has 0 saturated carbocycles. The Balaban J connectivity index is 2.52. The molecule has 0 fully saturated rings. The van der Waals surface area contributed by atoms with Crippen molar-refractivity contribution in [3.8, 4) is 5.75 Å². The topological polar surface area (TPSA) is 47.3 Å². The van der Waals surface area contributed by atoms with Gasteiger partial charge in [-0.2, -0.15) is 5.10 Å². The van der Waals surface area contributed by atoms with E-state index in [-0.39, 0.29) is 6.04 Å². The summed E-state index contributed by atoms with van der Waals surface area (Å²) in [7, 11) is 1.60.